The predicted octanol–water partition coefficient (Wildman–Crippen LogP) is 2.96. The summed E-state index contributed by atoms with van der Waals surface area (Å²) < 4.78 is 13.3. The van der Waals surface area contributed by atoms with Crippen LogP contribution in [0.15, 0.2) is 24.3 Å². The average molecular weight is 264 g/mol. The van der Waals surface area contributed by atoms with Gasteiger partial charge in [0.25, 0.3) is 0 Å². The normalized spacial score (nSPS) is 20.8. The molecule has 3 heteroatoms. The molecule has 1 saturated heterocycles. The van der Waals surface area contributed by atoms with Crippen molar-refractivity contribution >= 4 is 0 Å². The molecule has 106 valence electrons. The summed E-state index contributed by atoms with van der Waals surface area (Å²) in [4.78, 5) is 2.50. The second-order valence-electron chi connectivity index (χ2n) is 5.91. The average Bonchev–Trinajstić information content (AvgIpc) is 2.68. The van der Waals surface area contributed by atoms with E-state index < -0.39 is 0 Å². The maximum atomic E-state index is 13.3. The van der Waals surface area contributed by atoms with Gasteiger partial charge in [0.2, 0.25) is 0 Å². The predicted molar refractivity (Wildman–Crippen MR) is 77.6 cm³/mol. The van der Waals surface area contributed by atoms with Gasteiger partial charge < -0.3 is 5.73 Å². The summed E-state index contributed by atoms with van der Waals surface area (Å²) in [6.07, 6.45) is 5.95. The van der Waals surface area contributed by atoms with Crippen LogP contribution in [0.2, 0.25) is 0 Å². The maximum Gasteiger partial charge on any atom is 0.123 e. The first kappa shape index (κ1) is 14.5. The molecule has 0 radical (unpaired) electrons. The van der Waals surface area contributed by atoms with Crippen molar-refractivity contribution in [3.63, 3.8) is 0 Å². The molecular weight excluding hydrogens is 239 g/mol. The summed E-state index contributed by atoms with van der Waals surface area (Å²) >= 11 is 0. The second kappa shape index (κ2) is 6.49. The Balaban J connectivity index is 2.12. The van der Waals surface area contributed by atoms with Crippen LogP contribution >= 0.6 is 0 Å². The van der Waals surface area contributed by atoms with Gasteiger partial charge >= 0.3 is 0 Å². The van der Waals surface area contributed by atoms with Crippen LogP contribution in [0.4, 0.5) is 4.39 Å². The fourth-order valence-corrected chi connectivity index (χ4v) is 3.01. The van der Waals surface area contributed by atoms with Crippen LogP contribution in [-0.4, -0.2) is 30.1 Å². The topological polar surface area (TPSA) is 29.3 Å². The standard InChI is InChI=1S/C16H25FN2/c1-16(13-18,19-9-4-2-3-5-10-19)12-14-7-6-8-15(17)11-14/h6-8,11H,2-5,9-10,12-13,18H2,1H3. The van der Waals surface area contributed by atoms with Crippen molar-refractivity contribution in [3.8, 4) is 0 Å². The number of hydrogen-bond acceptors (Lipinski definition) is 2. The number of likely N-dealkylation sites (tertiary alicyclic amines) is 1. The van der Waals surface area contributed by atoms with Gasteiger partial charge in [-0.25, -0.2) is 4.39 Å². The Morgan fingerprint density at radius 2 is 1.89 bits per heavy atom. The van der Waals surface area contributed by atoms with Gasteiger partial charge in [-0.05, 0) is 57.0 Å². The van der Waals surface area contributed by atoms with Crippen molar-refractivity contribution in [2.24, 2.45) is 5.73 Å². The second-order valence-corrected chi connectivity index (χ2v) is 5.91. The first-order valence-corrected chi connectivity index (χ1v) is 7.34. The molecule has 0 saturated carbocycles. The highest BCUT2D eigenvalue weighted by Gasteiger charge is 2.30. The monoisotopic (exact) mass is 264 g/mol. The number of halogens is 1. The number of benzene rings is 1. The molecule has 2 nitrogen and oxygen atoms in total. The van der Waals surface area contributed by atoms with Crippen LogP contribution in [0.25, 0.3) is 0 Å². The molecule has 19 heavy (non-hydrogen) atoms. The Morgan fingerprint density at radius 3 is 2.47 bits per heavy atom. The molecule has 0 aliphatic carbocycles. The highest BCUT2D eigenvalue weighted by atomic mass is 19.1. The minimum absolute atomic E-state index is 0.0574. The molecule has 0 spiro atoms. The number of nitrogens with zero attached hydrogens (tertiary/aromatic N) is 1. The molecule has 0 bridgehead atoms. The molecule has 1 heterocycles. The number of hydrogen-bond donors (Lipinski definition) is 1. The van der Waals surface area contributed by atoms with E-state index in [9.17, 15) is 4.39 Å². The molecule has 1 aromatic rings. The minimum atomic E-state index is -0.160. The van der Waals surface area contributed by atoms with E-state index in [-0.39, 0.29) is 11.4 Å². The largest absolute Gasteiger partial charge is 0.329 e. The molecule has 0 aromatic heterocycles. The number of nitrogens with two attached hydrogens (primary N) is 1. The van der Waals surface area contributed by atoms with E-state index in [1.54, 1.807) is 12.1 Å². The molecule has 1 unspecified atom stereocenters. The Hall–Kier alpha value is -0.930. The van der Waals surface area contributed by atoms with Gasteiger partial charge in [0.05, 0.1) is 0 Å². The van der Waals surface area contributed by atoms with Crippen LogP contribution < -0.4 is 5.73 Å². The van der Waals surface area contributed by atoms with E-state index in [0.29, 0.717) is 6.54 Å². The Bertz CT molecular complexity index is 399. The molecule has 2 N–H and O–H groups in total. The van der Waals surface area contributed by atoms with Crippen molar-refractivity contribution in [3.05, 3.63) is 35.6 Å². The Labute approximate surface area is 115 Å². The van der Waals surface area contributed by atoms with Gasteiger partial charge in [-0.2, -0.15) is 0 Å². The lowest BCUT2D eigenvalue weighted by Crippen LogP contribution is -2.53. The van der Waals surface area contributed by atoms with Crippen LogP contribution in [0.3, 0.4) is 0 Å². The summed E-state index contributed by atoms with van der Waals surface area (Å²) in [5, 5.41) is 0. The van der Waals surface area contributed by atoms with Crippen LogP contribution in [0.5, 0.6) is 0 Å². The molecule has 1 aliphatic rings. The third-order valence-electron chi connectivity index (χ3n) is 4.28. The zero-order chi connectivity index (χ0) is 13.7. The first-order valence-electron chi connectivity index (χ1n) is 7.34. The Kier molecular flexibility index (Phi) is 4.94. The van der Waals surface area contributed by atoms with Crippen LogP contribution in [0.1, 0.15) is 38.2 Å². The van der Waals surface area contributed by atoms with Crippen molar-refractivity contribution in [1.82, 2.24) is 4.90 Å². The SMILES string of the molecule is CC(CN)(Cc1cccc(F)c1)N1CCCCCC1. The van der Waals surface area contributed by atoms with Gasteiger partial charge in [0, 0.05) is 12.1 Å². The van der Waals surface area contributed by atoms with Crippen molar-refractivity contribution in [2.75, 3.05) is 19.6 Å². The van der Waals surface area contributed by atoms with Gasteiger partial charge in [0.15, 0.2) is 0 Å². The quantitative estimate of drug-likeness (QED) is 0.906. The highest BCUT2D eigenvalue weighted by Crippen LogP contribution is 2.24. The molecular formula is C16H25FN2. The fourth-order valence-electron chi connectivity index (χ4n) is 3.01. The van der Waals surface area contributed by atoms with E-state index in [1.165, 1.54) is 31.7 Å². The van der Waals surface area contributed by atoms with Crippen molar-refractivity contribution < 1.29 is 4.39 Å². The third kappa shape index (κ3) is 3.77. The van der Waals surface area contributed by atoms with Gasteiger partial charge in [-0.1, -0.05) is 25.0 Å². The third-order valence-corrected chi connectivity index (χ3v) is 4.28. The van der Waals surface area contributed by atoms with E-state index in [2.05, 4.69) is 11.8 Å². The smallest absolute Gasteiger partial charge is 0.123 e. The summed E-state index contributed by atoms with van der Waals surface area (Å²) in [6.45, 7) is 5.05. The Morgan fingerprint density at radius 1 is 1.21 bits per heavy atom. The van der Waals surface area contributed by atoms with E-state index in [0.717, 1.165) is 25.1 Å². The van der Waals surface area contributed by atoms with Gasteiger partial charge in [-0.3, -0.25) is 4.90 Å². The lowest BCUT2D eigenvalue weighted by Gasteiger charge is -2.40. The molecule has 0 amide bonds. The molecule has 1 fully saturated rings. The lowest BCUT2D eigenvalue weighted by atomic mass is 9.90. The van der Waals surface area contributed by atoms with Gasteiger partial charge in [-0.15, -0.1) is 0 Å². The zero-order valence-corrected chi connectivity index (χ0v) is 11.9. The molecule has 2 rings (SSSR count). The lowest BCUT2D eigenvalue weighted by molar-refractivity contribution is 0.114. The highest BCUT2D eigenvalue weighted by molar-refractivity contribution is 5.19. The minimum Gasteiger partial charge on any atom is -0.329 e. The fraction of sp³-hybridized carbons (Fsp3) is 0.625. The van der Waals surface area contributed by atoms with E-state index in [1.807, 2.05) is 6.07 Å². The summed E-state index contributed by atoms with van der Waals surface area (Å²) in [6, 6.07) is 6.90. The zero-order valence-electron chi connectivity index (χ0n) is 11.9. The molecule has 1 aromatic carbocycles. The van der Waals surface area contributed by atoms with E-state index in [4.69, 9.17) is 5.73 Å². The summed E-state index contributed by atoms with van der Waals surface area (Å²) in [5.74, 6) is -0.160. The number of rotatable bonds is 4. The molecule has 1 atom stereocenters. The van der Waals surface area contributed by atoms with Crippen LogP contribution in [-0.2, 0) is 6.42 Å². The van der Waals surface area contributed by atoms with Crippen molar-refractivity contribution in [2.45, 2.75) is 44.6 Å². The van der Waals surface area contributed by atoms with Crippen molar-refractivity contribution in [1.29, 1.82) is 0 Å². The maximum absolute atomic E-state index is 13.3. The first-order chi connectivity index (χ1) is 9.14. The van der Waals surface area contributed by atoms with Gasteiger partial charge in [0.1, 0.15) is 5.82 Å². The summed E-state index contributed by atoms with van der Waals surface area (Å²) in [5.41, 5.74) is 7.02. The van der Waals surface area contributed by atoms with E-state index >= 15 is 0 Å². The summed E-state index contributed by atoms with van der Waals surface area (Å²) in [7, 11) is 0. The van der Waals surface area contributed by atoms with Crippen LogP contribution in [0, 0.1) is 5.82 Å². The molecule has 1 aliphatic heterocycles.